The Balaban J connectivity index is 3.16. The van der Waals surface area contributed by atoms with E-state index < -0.39 is 11.5 Å². The number of ether oxygens (including phenoxy) is 1. The van der Waals surface area contributed by atoms with Gasteiger partial charge in [-0.3, -0.25) is 0 Å². The second kappa shape index (κ2) is 7.05. The van der Waals surface area contributed by atoms with Crippen LogP contribution in [0.3, 0.4) is 0 Å². The summed E-state index contributed by atoms with van der Waals surface area (Å²) in [6.45, 7) is 1.43. The van der Waals surface area contributed by atoms with Crippen molar-refractivity contribution in [2.24, 2.45) is 5.41 Å². The van der Waals surface area contributed by atoms with Crippen LogP contribution in [0.4, 0.5) is 0 Å². The molecule has 0 spiro atoms. The molecule has 0 saturated heterocycles. The highest BCUT2D eigenvalue weighted by atomic mass is 35.5. The van der Waals surface area contributed by atoms with Gasteiger partial charge in [0.15, 0.2) is 5.41 Å². The molecule has 0 aliphatic heterocycles. The van der Waals surface area contributed by atoms with E-state index in [4.69, 9.17) is 16.3 Å². The van der Waals surface area contributed by atoms with E-state index in [2.05, 4.69) is 0 Å². The number of hydrogen-bond acceptors (Lipinski definition) is 4. The maximum Gasteiger partial charge on any atom is 0.174 e. The number of nitriles is 2. The summed E-state index contributed by atoms with van der Waals surface area (Å²) >= 11 is 5.83. The van der Waals surface area contributed by atoms with Gasteiger partial charge < -0.3 is 9.53 Å². The molecule has 0 radical (unpaired) electrons. The van der Waals surface area contributed by atoms with E-state index in [0.29, 0.717) is 10.6 Å². The van der Waals surface area contributed by atoms with Crippen LogP contribution in [0.5, 0.6) is 0 Å². The molecule has 104 valence electrons. The minimum absolute atomic E-state index is 0.0640. The van der Waals surface area contributed by atoms with Gasteiger partial charge in [-0.1, -0.05) is 23.7 Å². The molecule has 0 aliphatic carbocycles. The van der Waals surface area contributed by atoms with Crippen molar-refractivity contribution in [1.82, 2.24) is 0 Å². The van der Waals surface area contributed by atoms with Crippen LogP contribution in [0.2, 0.25) is 5.02 Å². The first-order valence-electron chi connectivity index (χ1n) is 6.09. The Labute approximate surface area is 123 Å². The maximum absolute atomic E-state index is 11.1. The molecule has 0 amide bonds. The number of methoxy groups -OCH3 is 1. The predicted molar refractivity (Wildman–Crippen MR) is 74.8 cm³/mol. The van der Waals surface area contributed by atoms with Crippen molar-refractivity contribution < 1.29 is 9.53 Å². The van der Waals surface area contributed by atoms with Crippen molar-refractivity contribution >= 4 is 17.4 Å². The van der Waals surface area contributed by atoms with Crippen LogP contribution in [-0.4, -0.2) is 12.9 Å². The summed E-state index contributed by atoms with van der Waals surface area (Å²) in [4.78, 5) is 11.1. The molecule has 4 nitrogen and oxygen atoms in total. The molecule has 0 N–H and O–H groups in total. The topological polar surface area (TPSA) is 73.9 Å². The van der Waals surface area contributed by atoms with Crippen LogP contribution >= 0.6 is 11.6 Å². The van der Waals surface area contributed by atoms with Crippen LogP contribution in [0.1, 0.15) is 31.4 Å². The van der Waals surface area contributed by atoms with E-state index >= 15 is 0 Å². The van der Waals surface area contributed by atoms with Gasteiger partial charge in [-0.25, -0.2) is 0 Å². The Bertz CT molecular complexity index is 541. The fraction of sp³-hybridized carbons (Fsp3) is 0.400. The van der Waals surface area contributed by atoms with E-state index in [9.17, 15) is 15.3 Å². The number of rotatable bonds is 6. The fourth-order valence-corrected chi connectivity index (χ4v) is 2.14. The number of nitrogens with zero attached hydrogens (tertiary/aromatic N) is 2. The van der Waals surface area contributed by atoms with Crippen LogP contribution in [0.25, 0.3) is 0 Å². The molecule has 0 aromatic heterocycles. The Morgan fingerprint density at radius 2 is 1.90 bits per heavy atom. The highest BCUT2D eigenvalue weighted by Gasteiger charge is 2.41. The smallest absolute Gasteiger partial charge is 0.174 e. The van der Waals surface area contributed by atoms with Crippen molar-refractivity contribution in [3.05, 3.63) is 34.9 Å². The van der Waals surface area contributed by atoms with Gasteiger partial charge in [0.1, 0.15) is 11.9 Å². The van der Waals surface area contributed by atoms with Gasteiger partial charge in [0.05, 0.1) is 12.1 Å². The quantitative estimate of drug-likeness (QED) is 0.804. The molecule has 20 heavy (non-hydrogen) atoms. The first kappa shape index (κ1) is 16.2. The molecule has 0 saturated carbocycles. The van der Waals surface area contributed by atoms with Crippen molar-refractivity contribution in [1.29, 1.82) is 10.5 Å². The minimum atomic E-state index is -1.39. The van der Waals surface area contributed by atoms with Gasteiger partial charge in [-0.2, -0.15) is 10.5 Å². The maximum atomic E-state index is 11.1. The van der Waals surface area contributed by atoms with Crippen LogP contribution in [0.15, 0.2) is 24.3 Å². The Kier molecular flexibility index (Phi) is 5.70. The lowest BCUT2D eigenvalue weighted by molar-refractivity contribution is -0.117. The van der Waals surface area contributed by atoms with E-state index in [1.165, 1.54) is 14.0 Å². The van der Waals surface area contributed by atoms with Gasteiger partial charge in [0.25, 0.3) is 0 Å². The third-order valence-corrected chi connectivity index (χ3v) is 3.38. The highest BCUT2D eigenvalue weighted by Crippen LogP contribution is 2.40. The molecular formula is C15H15ClN2O2. The molecule has 0 heterocycles. The third kappa shape index (κ3) is 3.57. The minimum Gasteiger partial charge on any atom is -0.374 e. The van der Waals surface area contributed by atoms with E-state index in [-0.39, 0.29) is 18.6 Å². The zero-order valence-corrected chi connectivity index (χ0v) is 12.1. The summed E-state index contributed by atoms with van der Waals surface area (Å²) in [5, 5.41) is 19.4. The lowest BCUT2D eigenvalue weighted by atomic mass is 9.77. The summed E-state index contributed by atoms with van der Waals surface area (Å²) in [6.07, 6.45) is -0.431. The average molecular weight is 291 g/mol. The van der Waals surface area contributed by atoms with Gasteiger partial charge in [0.2, 0.25) is 0 Å². The van der Waals surface area contributed by atoms with Gasteiger partial charge in [0, 0.05) is 18.6 Å². The van der Waals surface area contributed by atoms with E-state index in [1.807, 2.05) is 12.1 Å². The first-order chi connectivity index (χ1) is 9.49. The van der Waals surface area contributed by atoms with Crippen molar-refractivity contribution in [2.45, 2.75) is 25.9 Å². The normalized spacial score (nSPS) is 12.2. The first-order valence-corrected chi connectivity index (χ1v) is 6.47. The Hall–Kier alpha value is -1.88. The Morgan fingerprint density at radius 3 is 2.30 bits per heavy atom. The lowest BCUT2D eigenvalue weighted by Gasteiger charge is -2.28. The summed E-state index contributed by atoms with van der Waals surface area (Å²) in [5.41, 5.74) is -0.711. The summed E-state index contributed by atoms with van der Waals surface area (Å²) < 4.78 is 5.36. The third-order valence-electron chi connectivity index (χ3n) is 3.13. The summed E-state index contributed by atoms with van der Waals surface area (Å²) in [7, 11) is 1.44. The SMILES string of the molecule is COC(c1ccc(Cl)cc1)C(C#N)(C#N)CCC(C)=O. The van der Waals surface area contributed by atoms with Crippen LogP contribution in [-0.2, 0) is 9.53 Å². The number of hydrogen-bond donors (Lipinski definition) is 0. The largest absolute Gasteiger partial charge is 0.374 e. The fourth-order valence-electron chi connectivity index (χ4n) is 2.02. The molecule has 1 atom stereocenters. The number of benzene rings is 1. The van der Waals surface area contributed by atoms with Gasteiger partial charge in [-0.05, 0) is 31.0 Å². The van der Waals surface area contributed by atoms with Crippen LogP contribution in [0, 0.1) is 28.1 Å². The molecule has 1 aromatic carbocycles. The Morgan fingerprint density at radius 1 is 1.35 bits per heavy atom. The lowest BCUT2D eigenvalue weighted by Crippen LogP contribution is -2.28. The molecule has 1 unspecified atom stereocenters. The molecule has 0 bridgehead atoms. The molecule has 0 aliphatic rings. The zero-order valence-electron chi connectivity index (χ0n) is 11.4. The van der Waals surface area contributed by atoms with Crippen molar-refractivity contribution in [2.75, 3.05) is 7.11 Å². The molecule has 5 heteroatoms. The highest BCUT2D eigenvalue weighted by molar-refractivity contribution is 6.30. The van der Waals surface area contributed by atoms with Crippen molar-refractivity contribution in [3.8, 4) is 12.1 Å². The van der Waals surface area contributed by atoms with Gasteiger partial charge >= 0.3 is 0 Å². The number of carbonyl (C=O) groups excluding carboxylic acids is 1. The number of Topliss-reactive ketones (excluding diaryl/α,β-unsaturated/α-hetero) is 1. The molecular weight excluding hydrogens is 276 g/mol. The molecule has 1 aromatic rings. The summed E-state index contributed by atoms with van der Waals surface area (Å²) in [5.74, 6) is -0.0640. The second-order valence-corrected chi connectivity index (χ2v) is 5.00. The second-order valence-electron chi connectivity index (χ2n) is 4.56. The van der Waals surface area contributed by atoms with E-state index in [0.717, 1.165) is 0 Å². The molecule has 0 fully saturated rings. The average Bonchev–Trinajstić information content (AvgIpc) is 2.45. The standard InChI is InChI=1S/C15H15ClN2O2/c1-11(19)7-8-15(9-17,10-18)14(20-2)12-3-5-13(16)6-4-12/h3-6,14H,7-8H2,1-2H3. The van der Waals surface area contributed by atoms with E-state index in [1.54, 1.807) is 24.3 Å². The zero-order chi connectivity index (χ0) is 15.2. The molecule has 1 rings (SSSR count). The number of ketones is 1. The van der Waals surface area contributed by atoms with Crippen LogP contribution < -0.4 is 0 Å². The van der Waals surface area contributed by atoms with Gasteiger partial charge in [-0.15, -0.1) is 0 Å². The number of carbonyl (C=O) groups is 1. The van der Waals surface area contributed by atoms with Crippen molar-refractivity contribution in [3.63, 3.8) is 0 Å². The predicted octanol–water partition coefficient (Wildman–Crippen LogP) is 3.43. The monoisotopic (exact) mass is 290 g/mol. The number of halogens is 1. The summed E-state index contributed by atoms with van der Waals surface area (Å²) in [6, 6.07) is 10.8.